The van der Waals surface area contributed by atoms with Gasteiger partial charge in [-0.2, -0.15) is 0 Å². The van der Waals surface area contributed by atoms with Gasteiger partial charge in [0.25, 0.3) is 0 Å². The van der Waals surface area contributed by atoms with Crippen LogP contribution in [0.3, 0.4) is 0 Å². The Morgan fingerprint density at radius 3 is 3.00 bits per heavy atom. The molecule has 3 rings (SSSR count). The Morgan fingerprint density at radius 2 is 2.15 bits per heavy atom. The summed E-state index contributed by atoms with van der Waals surface area (Å²) in [4.78, 5) is 0. The van der Waals surface area contributed by atoms with Gasteiger partial charge in [0.2, 0.25) is 0 Å². The number of para-hydroxylation sites is 1. The van der Waals surface area contributed by atoms with Crippen LogP contribution < -0.4 is 10.6 Å². The predicted molar refractivity (Wildman–Crippen MR) is 82.0 cm³/mol. The van der Waals surface area contributed by atoms with Gasteiger partial charge in [-0.25, -0.2) is 4.39 Å². The van der Waals surface area contributed by atoms with Crippen LogP contribution in [0.4, 0.5) is 15.8 Å². The lowest BCUT2D eigenvalue weighted by molar-refractivity contribution is 0.630. The number of aryl methyl sites for hydroxylation is 1. The zero-order chi connectivity index (χ0) is 13.9. The normalized spacial score (nSPS) is 13.5. The number of hydrogen-bond acceptors (Lipinski definition) is 2. The zero-order valence-electron chi connectivity index (χ0n) is 11.0. The summed E-state index contributed by atoms with van der Waals surface area (Å²) < 4.78 is 13.7. The molecule has 4 heteroatoms. The van der Waals surface area contributed by atoms with Gasteiger partial charge in [0.1, 0.15) is 5.82 Å². The Kier molecular flexibility index (Phi) is 3.79. The van der Waals surface area contributed by atoms with Crippen molar-refractivity contribution in [2.75, 3.05) is 17.2 Å². The first-order chi connectivity index (χ1) is 9.74. The lowest BCUT2D eigenvalue weighted by Gasteiger charge is -2.21. The second-order valence-electron chi connectivity index (χ2n) is 4.96. The highest BCUT2D eigenvalue weighted by Crippen LogP contribution is 2.27. The quantitative estimate of drug-likeness (QED) is 0.873. The van der Waals surface area contributed by atoms with Crippen LogP contribution >= 0.6 is 11.6 Å². The highest BCUT2D eigenvalue weighted by molar-refractivity contribution is 6.30. The molecule has 0 amide bonds. The summed E-state index contributed by atoms with van der Waals surface area (Å²) in [5.41, 5.74) is 4.17. The van der Waals surface area contributed by atoms with Crippen LogP contribution in [0.1, 0.15) is 17.5 Å². The molecule has 0 saturated heterocycles. The number of benzene rings is 2. The van der Waals surface area contributed by atoms with E-state index < -0.39 is 0 Å². The largest absolute Gasteiger partial charge is 0.385 e. The fourth-order valence-corrected chi connectivity index (χ4v) is 2.71. The monoisotopic (exact) mass is 290 g/mol. The van der Waals surface area contributed by atoms with Gasteiger partial charge in [0.05, 0.1) is 5.69 Å². The number of fused-ring (bicyclic) bond motifs is 1. The van der Waals surface area contributed by atoms with Crippen LogP contribution in [0, 0.1) is 5.82 Å². The molecule has 0 atom stereocenters. The highest BCUT2D eigenvalue weighted by Gasteiger charge is 2.12. The molecule has 20 heavy (non-hydrogen) atoms. The lowest BCUT2D eigenvalue weighted by atomic mass is 9.99. The third-order valence-electron chi connectivity index (χ3n) is 3.56. The predicted octanol–water partition coefficient (Wildman–Crippen LogP) is 4.45. The van der Waals surface area contributed by atoms with E-state index in [4.69, 9.17) is 11.6 Å². The van der Waals surface area contributed by atoms with Gasteiger partial charge >= 0.3 is 0 Å². The minimum Gasteiger partial charge on any atom is -0.385 e. The topological polar surface area (TPSA) is 24.1 Å². The van der Waals surface area contributed by atoms with E-state index in [0.717, 1.165) is 24.9 Å². The van der Waals surface area contributed by atoms with E-state index >= 15 is 0 Å². The molecule has 0 aliphatic carbocycles. The van der Waals surface area contributed by atoms with E-state index in [2.05, 4.69) is 28.8 Å². The van der Waals surface area contributed by atoms with Crippen LogP contribution in [0.25, 0.3) is 0 Å². The van der Waals surface area contributed by atoms with Crippen molar-refractivity contribution < 1.29 is 4.39 Å². The standard InChI is InChI=1S/C16H16ClFN2/c17-13-6-7-15(14(18)9-13)20-10-12-4-1-3-11-5-2-8-19-16(11)12/h1,3-4,6-7,9,19-20H,2,5,8,10H2. The molecular weight excluding hydrogens is 275 g/mol. The van der Waals surface area contributed by atoms with Crippen molar-refractivity contribution in [2.24, 2.45) is 0 Å². The van der Waals surface area contributed by atoms with Crippen molar-refractivity contribution in [3.63, 3.8) is 0 Å². The van der Waals surface area contributed by atoms with E-state index in [9.17, 15) is 4.39 Å². The number of rotatable bonds is 3. The van der Waals surface area contributed by atoms with Gasteiger partial charge in [-0.1, -0.05) is 29.8 Å². The first-order valence-electron chi connectivity index (χ1n) is 6.77. The van der Waals surface area contributed by atoms with Crippen LogP contribution in [0.15, 0.2) is 36.4 Å². The maximum Gasteiger partial charge on any atom is 0.147 e. The molecule has 0 bridgehead atoms. The average Bonchev–Trinajstić information content (AvgIpc) is 2.46. The summed E-state index contributed by atoms with van der Waals surface area (Å²) in [6.45, 7) is 1.59. The fourth-order valence-electron chi connectivity index (χ4n) is 2.55. The SMILES string of the molecule is Fc1cc(Cl)ccc1NCc1cccc2c1NCCC2. The Hall–Kier alpha value is -1.74. The summed E-state index contributed by atoms with van der Waals surface area (Å²) in [6, 6.07) is 10.9. The van der Waals surface area contributed by atoms with Crippen molar-refractivity contribution in [1.29, 1.82) is 0 Å². The Bertz CT molecular complexity index is 628. The van der Waals surface area contributed by atoms with Gasteiger partial charge in [0.15, 0.2) is 0 Å². The number of nitrogens with one attached hydrogen (secondary N) is 2. The van der Waals surface area contributed by atoms with E-state index in [1.54, 1.807) is 12.1 Å². The van der Waals surface area contributed by atoms with Crippen molar-refractivity contribution in [3.8, 4) is 0 Å². The maximum absolute atomic E-state index is 13.7. The number of anilines is 2. The minimum atomic E-state index is -0.324. The molecule has 0 fully saturated rings. The molecule has 1 aliphatic rings. The first-order valence-corrected chi connectivity index (χ1v) is 7.15. The van der Waals surface area contributed by atoms with Crippen LogP contribution in [0.5, 0.6) is 0 Å². The highest BCUT2D eigenvalue weighted by atomic mass is 35.5. The molecule has 0 saturated carbocycles. The minimum absolute atomic E-state index is 0.324. The fraction of sp³-hybridized carbons (Fsp3) is 0.250. The Balaban J connectivity index is 1.78. The Labute approximate surface area is 123 Å². The molecule has 0 aromatic heterocycles. The van der Waals surface area contributed by atoms with Crippen molar-refractivity contribution in [3.05, 3.63) is 58.4 Å². The lowest BCUT2D eigenvalue weighted by Crippen LogP contribution is -2.15. The summed E-state index contributed by atoms with van der Waals surface area (Å²) in [5, 5.41) is 6.98. The van der Waals surface area contributed by atoms with Crippen molar-refractivity contribution in [2.45, 2.75) is 19.4 Å². The van der Waals surface area contributed by atoms with E-state index in [-0.39, 0.29) is 5.82 Å². The summed E-state index contributed by atoms with van der Waals surface area (Å²) in [5.74, 6) is -0.324. The van der Waals surface area contributed by atoms with Gasteiger partial charge in [-0.15, -0.1) is 0 Å². The van der Waals surface area contributed by atoms with Crippen molar-refractivity contribution in [1.82, 2.24) is 0 Å². The zero-order valence-corrected chi connectivity index (χ0v) is 11.8. The molecular formula is C16H16ClFN2. The van der Waals surface area contributed by atoms with Gasteiger partial charge in [-0.3, -0.25) is 0 Å². The summed E-state index contributed by atoms with van der Waals surface area (Å²) in [7, 11) is 0. The Morgan fingerprint density at radius 1 is 1.25 bits per heavy atom. The second kappa shape index (κ2) is 5.71. The molecule has 1 heterocycles. The summed E-state index contributed by atoms with van der Waals surface area (Å²) >= 11 is 5.75. The molecule has 2 aromatic rings. The van der Waals surface area contributed by atoms with E-state index in [1.807, 2.05) is 0 Å². The molecule has 0 unspecified atom stereocenters. The van der Waals surface area contributed by atoms with Gasteiger partial charge in [-0.05, 0) is 42.2 Å². The first kappa shape index (κ1) is 13.3. The smallest absolute Gasteiger partial charge is 0.147 e. The molecule has 2 N–H and O–H groups in total. The van der Waals surface area contributed by atoms with Gasteiger partial charge in [0, 0.05) is 23.8 Å². The third kappa shape index (κ3) is 2.73. The van der Waals surface area contributed by atoms with Crippen molar-refractivity contribution >= 4 is 23.0 Å². The molecule has 0 radical (unpaired) electrons. The second-order valence-corrected chi connectivity index (χ2v) is 5.40. The number of hydrogen-bond donors (Lipinski definition) is 2. The molecule has 2 nitrogen and oxygen atoms in total. The van der Waals surface area contributed by atoms with Crippen LogP contribution in [-0.2, 0) is 13.0 Å². The molecule has 0 spiro atoms. The number of halogens is 2. The molecule has 1 aliphatic heterocycles. The van der Waals surface area contributed by atoms with Crippen LogP contribution in [0.2, 0.25) is 5.02 Å². The third-order valence-corrected chi connectivity index (χ3v) is 3.80. The van der Waals surface area contributed by atoms with E-state index in [1.165, 1.54) is 17.3 Å². The van der Waals surface area contributed by atoms with Gasteiger partial charge < -0.3 is 10.6 Å². The maximum atomic E-state index is 13.7. The average molecular weight is 291 g/mol. The molecule has 104 valence electrons. The van der Waals surface area contributed by atoms with E-state index in [0.29, 0.717) is 17.3 Å². The summed E-state index contributed by atoms with van der Waals surface area (Å²) in [6.07, 6.45) is 2.27. The molecule has 2 aromatic carbocycles. The van der Waals surface area contributed by atoms with Crippen LogP contribution in [-0.4, -0.2) is 6.54 Å².